The summed E-state index contributed by atoms with van der Waals surface area (Å²) in [5.74, 6) is -2.04. The standard InChI is InChI=1S/C19H11Cl2IN2O5S/c20-11-2-1-3-13(16(11)21)24-18(28)10(17(27)23-19(24)30)6-9-4-5-14(12(22)7-9)29-8-15(25)26/h1-7H,8H2,(H,25,26)(H,23,27,30)/b10-6+. The van der Waals surface area contributed by atoms with E-state index in [0.717, 1.165) is 4.90 Å². The van der Waals surface area contributed by atoms with Crippen molar-refractivity contribution in [2.45, 2.75) is 0 Å². The molecule has 2 aromatic rings. The van der Waals surface area contributed by atoms with Crippen molar-refractivity contribution < 1.29 is 24.2 Å². The van der Waals surface area contributed by atoms with Gasteiger partial charge < -0.3 is 9.84 Å². The van der Waals surface area contributed by atoms with Gasteiger partial charge in [0.2, 0.25) is 0 Å². The fourth-order valence-corrected chi connectivity index (χ4v) is 3.92. The van der Waals surface area contributed by atoms with Crippen molar-refractivity contribution in [3.63, 3.8) is 0 Å². The van der Waals surface area contributed by atoms with Crippen molar-refractivity contribution in [2.24, 2.45) is 0 Å². The number of carbonyl (C=O) groups excluding carboxylic acids is 2. The summed E-state index contributed by atoms with van der Waals surface area (Å²) in [5, 5.41) is 11.4. The van der Waals surface area contributed by atoms with Crippen molar-refractivity contribution in [3.8, 4) is 5.75 Å². The third kappa shape index (κ3) is 4.75. The number of halogens is 3. The second kappa shape index (κ2) is 9.29. The Morgan fingerprint density at radius 1 is 1.27 bits per heavy atom. The number of benzene rings is 2. The summed E-state index contributed by atoms with van der Waals surface area (Å²) in [6, 6.07) is 9.53. The van der Waals surface area contributed by atoms with E-state index in [4.69, 9.17) is 45.3 Å². The zero-order valence-corrected chi connectivity index (χ0v) is 19.3. The molecule has 1 aliphatic rings. The summed E-state index contributed by atoms with van der Waals surface area (Å²) < 4.78 is 5.78. The molecule has 0 aliphatic carbocycles. The number of hydrogen-bond donors (Lipinski definition) is 2. The van der Waals surface area contributed by atoms with Gasteiger partial charge in [0.15, 0.2) is 11.7 Å². The van der Waals surface area contributed by atoms with Crippen molar-refractivity contribution >= 4 is 92.7 Å². The van der Waals surface area contributed by atoms with Gasteiger partial charge in [-0.05, 0) is 70.7 Å². The van der Waals surface area contributed by atoms with Gasteiger partial charge in [-0.3, -0.25) is 19.8 Å². The molecule has 0 atom stereocenters. The van der Waals surface area contributed by atoms with Crippen LogP contribution in [0.1, 0.15) is 5.56 Å². The lowest BCUT2D eigenvalue weighted by Crippen LogP contribution is -2.54. The first-order chi connectivity index (χ1) is 14.2. The highest BCUT2D eigenvalue weighted by Crippen LogP contribution is 2.34. The van der Waals surface area contributed by atoms with Crippen molar-refractivity contribution in [1.29, 1.82) is 0 Å². The SMILES string of the molecule is O=C(O)COc1ccc(/C=C2\C(=O)NC(=S)N(c3cccc(Cl)c3Cl)C2=O)cc1I. The number of thiocarbonyl (C=S) groups is 1. The number of anilines is 1. The second-order valence-corrected chi connectivity index (χ2v) is 8.24. The Balaban J connectivity index is 1.96. The van der Waals surface area contributed by atoms with E-state index < -0.39 is 24.4 Å². The topological polar surface area (TPSA) is 95.9 Å². The molecule has 0 saturated carbocycles. The highest BCUT2D eigenvalue weighted by atomic mass is 127. The molecular formula is C19H11Cl2IN2O5S. The molecule has 2 amide bonds. The van der Waals surface area contributed by atoms with Crippen LogP contribution in [0.15, 0.2) is 42.0 Å². The molecular weight excluding hydrogens is 566 g/mol. The third-order valence-corrected chi connectivity index (χ3v) is 5.83. The number of nitrogens with zero attached hydrogens (tertiary/aromatic N) is 1. The number of aliphatic carboxylic acids is 1. The van der Waals surface area contributed by atoms with Gasteiger partial charge in [-0.1, -0.05) is 35.3 Å². The van der Waals surface area contributed by atoms with Crippen LogP contribution in [0.2, 0.25) is 10.0 Å². The van der Waals surface area contributed by atoms with Crippen LogP contribution in [-0.2, 0) is 14.4 Å². The molecule has 1 heterocycles. The maximum absolute atomic E-state index is 13.1. The van der Waals surface area contributed by atoms with E-state index in [-0.39, 0.29) is 26.4 Å². The van der Waals surface area contributed by atoms with E-state index >= 15 is 0 Å². The summed E-state index contributed by atoms with van der Waals surface area (Å²) in [5.41, 5.74) is 0.622. The van der Waals surface area contributed by atoms with Gasteiger partial charge in [0.05, 0.1) is 19.3 Å². The minimum atomic E-state index is -1.10. The van der Waals surface area contributed by atoms with Crippen LogP contribution in [0.3, 0.4) is 0 Å². The summed E-state index contributed by atoms with van der Waals surface area (Å²) in [6.07, 6.45) is 1.40. The maximum Gasteiger partial charge on any atom is 0.341 e. The van der Waals surface area contributed by atoms with Gasteiger partial charge >= 0.3 is 5.97 Å². The smallest absolute Gasteiger partial charge is 0.341 e. The van der Waals surface area contributed by atoms with Gasteiger partial charge in [-0.2, -0.15) is 0 Å². The van der Waals surface area contributed by atoms with Crippen LogP contribution in [-0.4, -0.2) is 34.6 Å². The minimum Gasteiger partial charge on any atom is -0.481 e. The molecule has 1 saturated heterocycles. The molecule has 154 valence electrons. The zero-order chi connectivity index (χ0) is 22.0. The van der Waals surface area contributed by atoms with Crippen LogP contribution in [0, 0.1) is 3.57 Å². The lowest BCUT2D eigenvalue weighted by atomic mass is 10.1. The summed E-state index contributed by atoms with van der Waals surface area (Å²) in [6.45, 7) is -0.482. The minimum absolute atomic E-state index is 0.113. The molecule has 0 unspecified atom stereocenters. The Hall–Kier alpha value is -2.21. The predicted molar refractivity (Wildman–Crippen MR) is 125 cm³/mol. The average Bonchev–Trinajstić information content (AvgIpc) is 2.67. The Bertz CT molecular complexity index is 1120. The molecule has 2 N–H and O–H groups in total. The molecule has 3 rings (SSSR count). The number of rotatable bonds is 5. The van der Waals surface area contributed by atoms with Crippen molar-refractivity contribution in [2.75, 3.05) is 11.5 Å². The first-order valence-corrected chi connectivity index (χ1v) is 10.4. The van der Waals surface area contributed by atoms with Crippen LogP contribution in [0.25, 0.3) is 6.08 Å². The molecule has 1 aliphatic heterocycles. The fraction of sp³-hybridized carbons (Fsp3) is 0.0526. The molecule has 0 aromatic heterocycles. The lowest BCUT2D eigenvalue weighted by molar-refractivity contribution is -0.139. The van der Waals surface area contributed by atoms with E-state index in [1.807, 2.05) is 22.6 Å². The quantitative estimate of drug-likeness (QED) is 0.243. The molecule has 2 aromatic carbocycles. The zero-order valence-electron chi connectivity index (χ0n) is 14.8. The Kier molecular flexibility index (Phi) is 6.96. The molecule has 0 bridgehead atoms. The molecule has 1 fully saturated rings. The van der Waals surface area contributed by atoms with Crippen molar-refractivity contribution in [3.05, 3.63) is 61.2 Å². The maximum atomic E-state index is 13.1. The number of carbonyl (C=O) groups is 3. The highest BCUT2D eigenvalue weighted by molar-refractivity contribution is 14.1. The van der Waals surface area contributed by atoms with Crippen LogP contribution in [0.4, 0.5) is 5.69 Å². The molecule has 0 radical (unpaired) electrons. The number of ether oxygens (including phenoxy) is 1. The summed E-state index contributed by atoms with van der Waals surface area (Å²) in [7, 11) is 0. The number of hydrogen-bond acceptors (Lipinski definition) is 5. The second-order valence-electron chi connectivity index (χ2n) is 5.90. The third-order valence-electron chi connectivity index (χ3n) is 3.89. The van der Waals surface area contributed by atoms with Gasteiger partial charge in [-0.25, -0.2) is 4.79 Å². The highest BCUT2D eigenvalue weighted by Gasteiger charge is 2.35. The van der Waals surface area contributed by atoms with Crippen LogP contribution < -0.4 is 15.0 Å². The number of nitrogens with one attached hydrogen (secondary N) is 1. The largest absolute Gasteiger partial charge is 0.481 e. The van der Waals surface area contributed by atoms with E-state index in [0.29, 0.717) is 14.9 Å². The monoisotopic (exact) mass is 576 g/mol. The van der Waals surface area contributed by atoms with Gasteiger partial charge in [0.1, 0.15) is 11.3 Å². The van der Waals surface area contributed by atoms with E-state index in [2.05, 4.69) is 5.32 Å². The molecule has 7 nitrogen and oxygen atoms in total. The van der Waals surface area contributed by atoms with Crippen LogP contribution in [0.5, 0.6) is 5.75 Å². The summed E-state index contributed by atoms with van der Waals surface area (Å²) >= 11 is 19.4. The predicted octanol–water partition coefficient (Wildman–Crippen LogP) is 3.89. The lowest BCUT2D eigenvalue weighted by Gasteiger charge is -2.29. The van der Waals surface area contributed by atoms with Crippen molar-refractivity contribution in [1.82, 2.24) is 5.32 Å². The van der Waals surface area contributed by atoms with Gasteiger partial charge in [0, 0.05) is 0 Å². The number of carboxylic acids is 1. The summed E-state index contributed by atoms with van der Waals surface area (Å²) in [4.78, 5) is 37.2. The molecule has 0 spiro atoms. The normalized spacial score (nSPS) is 15.4. The Labute approximate surface area is 199 Å². The first-order valence-electron chi connectivity index (χ1n) is 8.18. The first kappa shape index (κ1) is 22.5. The van der Waals surface area contributed by atoms with Gasteiger partial charge in [-0.15, -0.1) is 0 Å². The molecule has 11 heteroatoms. The molecule has 30 heavy (non-hydrogen) atoms. The van der Waals surface area contributed by atoms with E-state index in [1.54, 1.807) is 36.4 Å². The van der Waals surface area contributed by atoms with E-state index in [9.17, 15) is 14.4 Å². The van der Waals surface area contributed by atoms with Gasteiger partial charge in [0.25, 0.3) is 11.8 Å². The average molecular weight is 577 g/mol. The Morgan fingerprint density at radius 2 is 2.00 bits per heavy atom. The van der Waals surface area contributed by atoms with Crippen LogP contribution >= 0.6 is 58.0 Å². The number of amides is 2. The van der Waals surface area contributed by atoms with E-state index in [1.165, 1.54) is 6.08 Å². The fourth-order valence-electron chi connectivity index (χ4n) is 2.57. The number of carboxylic acid groups (broad SMARTS) is 1. The Morgan fingerprint density at radius 3 is 2.67 bits per heavy atom.